The molecule has 5 aliphatic carbocycles. The smallest absolute Gasteiger partial charge is 0.0359 e. The van der Waals surface area contributed by atoms with Crippen molar-refractivity contribution in [3.63, 3.8) is 0 Å². The van der Waals surface area contributed by atoms with Crippen LogP contribution in [0.3, 0.4) is 0 Å². The lowest BCUT2D eigenvalue weighted by Gasteiger charge is -2.44. The van der Waals surface area contributed by atoms with Crippen molar-refractivity contribution in [2.45, 2.75) is 127 Å². The first-order valence-corrected chi connectivity index (χ1v) is 14.8. The third-order valence-corrected chi connectivity index (χ3v) is 11.5. The average molecular weight is 435 g/mol. The number of hydrogen-bond donors (Lipinski definition) is 1. The highest BCUT2D eigenvalue weighted by Crippen LogP contribution is 2.55. The van der Waals surface area contributed by atoms with Crippen LogP contribution in [-0.2, 0) is 0 Å². The lowest BCUT2D eigenvalue weighted by Crippen LogP contribution is -2.42. The van der Waals surface area contributed by atoms with E-state index < -0.39 is 0 Å². The maximum absolute atomic E-state index is 4.11. The van der Waals surface area contributed by atoms with Gasteiger partial charge < -0.3 is 10.2 Å². The highest BCUT2D eigenvalue weighted by atomic mass is 15.2. The molecule has 0 amide bonds. The van der Waals surface area contributed by atoms with Gasteiger partial charge in [-0.15, -0.1) is 0 Å². The molecule has 3 saturated carbocycles. The highest BCUT2D eigenvalue weighted by Gasteiger charge is 2.53. The molecule has 2 nitrogen and oxygen atoms in total. The van der Waals surface area contributed by atoms with Crippen LogP contribution in [-0.4, -0.2) is 29.1 Å². The number of rotatable bonds is 2. The van der Waals surface area contributed by atoms with Crippen LogP contribution in [0.15, 0.2) is 23.9 Å². The van der Waals surface area contributed by atoms with Crippen LogP contribution in [0.1, 0.15) is 103 Å². The van der Waals surface area contributed by atoms with Crippen LogP contribution < -0.4 is 5.32 Å². The summed E-state index contributed by atoms with van der Waals surface area (Å²) < 4.78 is 0. The van der Waals surface area contributed by atoms with Gasteiger partial charge in [-0.3, -0.25) is 0 Å². The molecule has 0 bridgehead atoms. The molecule has 10 atom stereocenters. The Labute approximate surface area is 196 Å². The fourth-order valence-electron chi connectivity index (χ4n) is 10.2. The number of fused-ring (bicyclic) bond motifs is 6. The second-order valence-corrected chi connectivity index (χ2v) is 12.9. The molecule has 5 fully saturated rings. The van der Waals surface area contributed by atoms with E-state index in [9.17, 15) is 0 Å². The van der Waals surface area contributed by atoms with E-state index in [1.165, 1.54) is 89.9 Å². The summed E-state index contributed by atoms with van der Waals surface area (Å²) in [4.78, 5) is 3.03. The zero-order valence-corrected chi connectivity index (χ0v) is 20.3. The molecule has 0 aromatic heterocycles. The molecule has 32 heavy (non-hydrogen) atoms. The maximum atomic E-state index is 4.11. The molecular formula is C30H46N2. The van der Waals surface area contributed by atoms with E-state index in [-0.39, 0.29) is 0 Å². The Morgan fingerprint density at radius 1 is 0.688 bits per heavy atom. The molecule has 0 spiro atoms. The standard InChI is InChI=1S/C30H46N2/c1-2-8-22(9-3-1)32-29-13-7-5-11-24(29)26-19-21(15-17-30(26)32)20-14-16-28-25(18-20)23-10-4-6-12-27(23)31-28/h5,8,11,20-21,23-31H,1-4,6-7,9-10,12-19H2. The molecule has 2 heterocycles. The summed E-state index contributed by atoms with van der Waals surface area (Å²) >= 11 is 0. The van der Waals surface area contributed by atoms with Gasteiger partial charge in [-0.2, -0.15) is 0 Å². The van der Waals surface area contributed by atoms with Gasteiger partial charge in [0, 0.05) is 35.8 Å². The predicted molar refractivity (Wildman–Crippen MR) is 132 cm³/mol. The van der Waals surface area contributed by atoms with E-state index in [0.717, 1.165) is 59.7 Å². The van der Waals surface area contributed by atoms with Gasteiger partial charge in [0.25, 0.3) is 0 Å². The topological polar surface area (TPSA) is 15.3 Å². The number of nitrogens with zero attached hydrogens (tertiary/aromatic N) is 1. The van der Waals surface area contributed by atoms with E-state index in [1.54, 1.807) is 18.5 Å². The molecule has 176 valence electrons. The van der Waals surface area contributed by atoms with Crippen molar-refractivity contribution in [2.75, 3.05) is 0 Å². The fraction of sp³-hybridized carbons (Fsp3) is 0.867. The summed E-state index contributed by atoms with van der Waals surface area (Å²) in [6, 6.07) is 3.45. The Morgan fingerprint density at radius 3 is 2.44 bits per heavy atom. The first-order valence-electron chi connectivity index (χ1n) is 14.8. The van der Waals surface area contributed by atoms with Crippen molar-refractivity contribution >= 4 is 0 Å². The van der Waals surface area contributed by atoms with Gasteiger partial charge in [0.15, 0.2) is 0 Å². The SMILES string of the molecule is C1=CC2C3CC(C4CCC5NC6CCCCC6C5C4)CCC3N(C3=CCCCC3)C2CC1. The van der Waals surface area contributed by atoms with E-state index in [0.29, 0.717) is 0 Å². The predicted octanol–water partition coefficient (Wildman–Crippen LogP) is 6.83. The molecule has 2 aliphatic heterocycles. The Morgan fingerprint density at radius 2 is 1.53 bits per heavy atom. The first kappa shape index (κ1) is 20.6. The van der Waals surface area contributed by atoms with E-state index in [4.69, 9.17) is 0 Å². The maximum Gasteiger partial charge on any atom is 0.0359 e. The first-order chi connectivity index (χ1) is 15.9. The molecule has 7 rings (SSSR count). The number of hydrogen-bond acceptors (Lipinski definition) is 2. The van der Waals surface area contributed by atoms with Crippen molar-refractivity contribution in [1.29, 1.82) is 0 Å². The molecule has 0 aromatic carbocycles. The fourth-order valence-corrected chi connectivity index (χ4v) is 10.2. The van der Waals surface area contributed by atoms with Crippen LogP contribution in [0.5, 0.6) is 0 Å². The third-order valence-electron chi connectivity index (χ3n) is 11.5. The summed E-state index contributed by atoms with van der Waals surface area (Å²) in [7, 11) is 0. The number of nitrogens with one attached hydrogen (secondary N) is 1. The van der Waals surface area contributed by atoms with E-state index in [2.05, 4.69) is 28.4 Å². The van der Waals surface area contributed by atoms with Crippen molar-refractivity contribution in [3.05, 3.63) is 23.9 Å². The van der Waals surface area contributed by atoms with Crippen molar-refractivity contribution < 1.29 is 0 Å². The van der Waals surface area contributed by atoms with Gasteiger partial charge in [-0.25, -0.2) is 0 Å². The molecule has 10 unspecified atom stereocenters. The highest BCUT2D eigenvalue weighted by molar-refractivity contribution is 5.20. The molecule has 0 aromatic rings. The minimum Gasteiger partial charge on any atom is -0.368 e. The van der Waals surface area contributed by atoms with Crippen molar-refractivity contribution in [3.8, 4) is 0 Å². The molecule has 2 heteroatoms. The van der Waals surface area contributed by atoms with Crippen molar-refractivity contribution in [2.24, 2.45) is 35.5 Å². The Balaban J connectivity index is 1.08. The molecule has 2 saturated heterocycles. The molecule has 0 radical (unpaired) electrons. The van der Waals surface area contributed by atoms with Crippen LogP contribution >= 0.6 is 0 Å². The average Bonchev–Trinajstić information content (AvgIpc) is 3.39. The van der Waals surface area contributed by atoms with Gasteiger partial charge in [-0.05, 0) is 119 Å². The lowest BCUT2D eigenvalue weighted by atomic mass is 9.62. The Kier molecular flexibility index (Phi) is 5.45. The van der Waals surface area contributed by atoms with Crippen LogP contribution in [0.25, 0.3) is 0 Å². The lowest BCUT2D eigenvalue weighted by molar-refractivity contribution is 0.0836. The minimum absolute atomic E-state index is 0.830. The van der Waals surface area contributed by atoms with Crippen LogP contribution in [0.4, 0.5) is 0 Å². The van der Waals surface area contributed by atoms with E-state index in [1.807, 2.05) is 0 Å². The monoisotopic (exact) mass is 434 g/mol. The van der Waals surface area contributed by atoms with Gasteiger partial charge in [0.1, 0.15) is 0 Å². The summed E-state index contributed by atoms with van der Waals surface area (Å²) in [5, 5.41) is 4.11. The zero-order chi connectivity index (χ0) is 21.1. The summed E-state index contributed by atoms with van der Waals surface area (Å²) in [6.45, 7) is 0. The second kappa shape index (κ2) is 8.47. The van der Waals surface area contributed by atoms with Gasteiger partial charge in [0.2, 0.25) is 0 Å². The van der Waals surface area contributed by atoms with Crippen LogP contribution in [0, 0.1) is 35.5 Å². The minimum atomic E-state index is 0.830. The van der Waals surface area contributed by atoms with Gasteiger partial charge >= 0.3 is 0 Å². The molecule has 1 N–H and O–H groups in total. The summed E-state index contributed by atoms with van der Waals surface area (Å²) in [5.41, 5.74) is 1.76. The van der Waals surface area contributed by atoms with Gasteiger partial charge in [-0.1, -0.05) is 31.1 Å². The second-order valence-electron chi connectivity index (χ2n) is 12.9. The molecular weight excluding hydrogens is 388 g/mol. The number of allylic oxidation sites excluding steroid dienone is 3. The quantitative estimate of drug-likeness (QED) is 0.479. The Hall–Kier alpha value is -0.760. The number of likely N-dealkylation sites (tertiary alicyclic amines) is 1. The Bertz CT molecular complexity index is 754. The summed E-state index contributed by atoms with van der Waals surface area (Å²) in [6.07, 6.45) is 31.2. The third kappa shape index (κ3) is 3.37. The van der Waals surface area contributed by atoms with E-state index >= 15 is 0 Å². The molecule has 7 aliphatic rings. The summed E-state index contributed by atoms with van der Waals surface area (Å²) in [5.74, 6) is 5.90. The van der Waals surface area contributed by atoms with Crippen molar-refractivity contribution in [1.82, 2.24) is 10.2 Å². The normalized spacial score (nSPS) is 50.2. The zero-order valence-electron chi connectivity index (χ0n) is 20.3. The van der Waals surface area contributed by atoms with Gasteiger partial charge in [0.05, 0.1) is 0 Å². The largest absolute Gasteiger partial charge is 0.368 e. The van der Waals surface area contributed by atoms with Crippen LogP contribution in [0.2, 0.25) is 0 Å².